The first-order valence-corrected chi connectivity index (χ1v) is 7.06. The van der Waals surface area contributed by atoms with Gasteiger partial charge in [0.2, 0.25) is 5.13 Å². The summed E-state index contributed by atoms with van der Waals surface area (Å²) in [4.78, 5) is 6.00. The third-order valence-electron chi connectivity index (χ3n) is 3.02. The Hall–Kier alpha value is -1.68. The largest absolute Gasteiger partial charge is 0.253 e. The van der Waals surface area contributed by atoms with Crippen molar-refractivity contribution in [1.29, 1.82) is 0 Å². The van der Waals surface area contributed by atoms with Gasteiger partial charge >= 0.3 is 0 Å². The van der Waals surface area contributed by atoms with Gasteiger partial charge in [0.05, 0.1) is 11.9 Å². The Morgan fingerprint density at radius 3 is 2.83 bits per heavy atom. The molecule has 1 aliphatic rings. The van der Waals surface area contributed by atoms with E-state index in [1.165, 1.54) is 29.8 Å². The molecule has 0 radical (unpaired) electrons. The lowest BCUT2D eigenvalue weighted by Gasteiger charge is -2.06. The molecule has 1 heterocycles. The minimum Gasteiger partial charge on any atom is -0.253 e. The maximum atomic E-state index is 4.58. The van der Waals surface area contributed by atoms with Crippen LogP contribution in [0.5, 0.6) is 0 Å². The molecule has 0 saturated carbocycles. The van der Waals surface area contributed by atoms with Gasteiger partial charge < -0.3 is 0 Å². The summed E-state index contributed by atoms with van der Waals surface area (Å²) >= 11 is 1.73. The zero-order valence-corrected chi connectivity index (χ0v) is 10.9. The lowest BCUT2D eigenvalue weighted by Crippen LogP contribution is -1.99. The fourth-order valence-electron chi connectivity index (χ4n) is 2.10. The minimum absolute atomic E-state index is 0.911. The molecule has 1 aromatic carbocycles. The van der Waals surface area contributed by atoms with Crippen LogP contribution in [0, 0.1) is 0 Å². The van der Waals surface area contributed by atoms with E-state index >= 15 is 0 Å². The normalized spacial score (nSPS) is 14.7. The Bertz CT molecular complexity index is 522. The van der Waals surface area contributed by atoms with Crippen molar-refractivity contribution in [3.63, 3.8) is 0 Å². The van der Waals surface area contributed by atoms with Crippen LogP contribution in [-0.4, -0.2) is 11.2 Å². The van der Waals surface area contributed by atoms with Gasteiger partial charge in [-0.2, -0.15) is 5.10 Å². The fraction of sp³-hybridized carbons (Fsp3) is 0.286. The van der Waals surface area contributed by atoms with E-state index in [1.807, 2.05) is 36.5 Å². The highest BCUT2D eigenvalue weighted by molar-refractivity contribution is 7.15. The van der Waals surface area contributed by atoms with E-state index in [4.69, 9.17) is 0 Å². The first-order valence-electron chi connectivity index (χ1n) is 6.24. The summed E-state index contributed by atoms with van der Waals surface area (Å²) in [6.07, 6.45) is 6.68. The summed E-state index contributed by atoms with van der Waals surface area (Å²) in [7, 11) is 0. The van der Waals surface area contributed by atoms with Gasteiger partial charge in [-0.1, -0.05) is 30.3 Å². The molecule has 0 spiro atoms. The van der Waals surface area contributed by atoms with Gasteiger partial charge in [-0.15, -0.1) is 11.3 Å². The number of fused-ring (bicyclic) bond motifs is 1. The first kappa shape index (κ1) is 11.4. The van der Waals surface area contributed by atoms with Gasteiger partial charge in [0.25, 0.3) is 0 Å². The van der Waals surface area contributed by atoms with Crippen molar-refractivity contribution in [2.24, 2.45) is 5.10 Å². The molecule has 0 amide bonds. The number of nitrogens with zero attached hydrogens (tertiary/aromatic N) is 2. The highest BCUT2D eigenvalue weighted by Crippen LogP contribution is 2.29. The quantitative estimate of drug-likeness (QED) is 0.675. The zero-order valence-electron chi connectivity index (χ0n) is 10.1. The highest BCUT2D eigenvalue weighted by Gasteiger charge is 2.14. The van der Waals surface area contributed by atoms with Crippen LogP contribution in [-0.2, 0) is 12.8 Å². The van der Waals surface area contributed by atoms with Gasteiger partial charge in [-0.05, 0) is 31.2 Å². The Kier molecular flexibility index (Phi) is 3.37. The molecular weight excluding hydrogens is 242 g/mol. The highest BCUT2D eigenvalue weighted by atomic mass is 32.1. The third-order valence-corrected chi connectivity index (χ3v) is 4.08. The van der Waals surface area contributed by atoms with Crippen molar-refractivity contribution >= 4 is 22.7 Å². The van der Waals surface area contributed by atoms with Gasteiger partial charge in [-0.25, -0.2) is 4.98 Å². The molecule has 1 aromatic heterocycles. The Morgan fingerprint density at radius 2 is 2.00 bits per heavy atom. The molecule has 2 aromatic rings. The molecule has 0 atom stereocenters. The molecule has 92 valence electrons. The molecule has 0 aliphatic heterocycles. The van der Waals surface area contributed by atoms with Gasteiger partial charge in [0.15, 0.2) is 0 Å². The number of nitrogens with one attached hydrogen (secondary N) is 1. The van der Waals surface area contributed by atoms with Crippen LogP contribution in [0.2, 0.25) is 0 Å². The standard InChI is InChI=1S/C14H15N3S/c1-2-6-11(7-3-1)10-15-17-14-16-12-8-4-5-9-13(12)18-14/h1-3,6-7,10H,4-5,8-9H2,(H,16,17)/b15-10-. The number of benzene rings is 1. The number of hydrogen-bond donors (Lipinski definition) is 1. The van der Waals surface area contributed by atoms with Gasteiger partial charge in [0.1, 0.15) is 0 Å². The van der Waals surface area contributed by atoms with Crippen molar-refractivity contribution in [1.82, 2.24) is 4.98 Å². The van der Waals surface area contributed by atoms with Crippen LogP contribution in [0.3, 0.4) is 0 Å². The predicted molar refractivity (Wildman–Crippen MR) is 76.4 cm³/mol. The number of rotatable bonds is 3. The average molecular weight is 257 g/mol. The lowest BCUT2D eigenvalue weighted by molar-refractivity contribution is 0.682. The molecule has 0 fully saturated rings. The zero-order chi connectivity index (χ0) is 12.2. The van der Waals surface area contributed by atoms with Crippen LogP contribution in [0.4, 0.5) is 5.13 Å². The summed E-state index contributed by atoms with van der Waals surface area (Å²) in [5.41, 5.74) is 5.38. The number of thiazole rings is 1. The van der Waals surface area contributed by atoms with Crippen molar-refractivity contribution < 1.29 is 0 Å². The fourth-order valence-corrected chi connectivity index (χ4v) is 3.10. The second kappa shape index (κ2) is 5.31. The Balaban J connectivity index is 1.66. The van der Waals surface area contributed by atoms with Crippen LogP contribution in [0.25, 0.3) is 0 Å². The number of hydrogen-bond acceptors (Lipinski definition) is 4. The molecule has 0 bridgehead atoms. The number of hydrazone groups is 1. The molecule has 0 unspecified atom stereocenters. The average Bonchev–Trinajstić information content (AvgIpc) is 2.82. The van der Waals surface area contributed by atoms with Crippen LogP contribution in [0.15, 0.2) is 35.4 Å². The summed E-state index contributed by atoms with van der Waals surface area (Å²) in [6, 6.07) is 10.1. The van der Waals surface area contributed by atoms with Crippen molar-refractivity contribution in [2.75, 3.05) is 5.43 Å². The van der Waals surface area contributed by atoms with Gasteiger partial charge in [0, 0.05) is 4.88 Å². The van der Waals surface area contributed by atoms with Crippen molar-refractivity contribution in [3.05, 3.63) is 46.5 Å². The van der Waals surface area contributed by atoms with Crippen LogP contribution < -0.4 is 5.43 Å². The summed E-state index contributed by atoms with van der Waals surface area (Å²) in [6.45, 7) is 0. The molecule has 18 heavy (non-hydrogen) atoms. The molecule has 3 nitrogen and oxygen atoms in total. The maximum Gasteiger partial charge on any atom is 0.203 e. The second-order valence-corrected chi connectivity index (χ2v) is 5.46. The van der Waals surface area contributed by atoms with Crippen molar-refractivity contribution in [3.8, 4) is 0 Å². The van der Waals surface area contributed by atoms with E-state index in [1.54, 1.807) is 11.3 Å². The molecule has 0 saturated heterocycles. The van der Waals surface area contributed by atoms with E-state index < -0.39 is 0 Å². The topological polar surface area (TPSA) is 37.3 Å². The van der Waals surface area contributed by atoms with E-state index in [-0.39, 0.29) is 0 Å². The molecule has 1 aliphatic carbocycles. The van der Waals surface area contributed by atoms with Crippen LogP contribution in [0.1, 0.15) is 29.0 Å². The minimum atomic E-state index is 0.911. The van der Waals surface area contributed by atoms with E-state index in [9.17, 15) is 0 Å². The van der Waals surface area contributed by atoms with E-state index in [0.29, 0.717) is 0 Å². The van der Waals surface area contributed by atoms with E-state index in [0.717, 1.165) is 17.1 Å². The number of aryl methyl sites for hydroxylation is 2. The monoisotopic (exact) mass is 257 g/mol. The molecule has 4 heteroatoms. The first-order chi connectivity index (χ1) is 8.92. The third kappa shape index (κ3) is 2.59. The smallest absolute Gasteiger partial charge is 0.203 e. The van der Waals surface area contributed by atoms with E-state index in [2.05, 4.69) is 15.5 Å². The van der Waals surface area contributed by atoms with Crippen molar-refractivity contribution in [2.45, 2.75) is 25.7 Å². The number of anilines is 1. The summed E-state index contributed by atoms with van der Waals surface area (Å²) < 4.78 is 0. The van der Waals surface area contributed by atoms with Gasteiger partial charge in [-0.3, -0.25) is 5.43 Å². The van der Waals surface area contributed by atoms with Crippen LogP contribution >= 0.6 is 11.3 Å². The lowest BCUT2D eigenvalue weighted by atomic mass is 10.0. The maximum absolute atomic E-state index is 4.58. The molecule has 1 N–H and O–H groups in total. The molecule has 3 rings (SSSR count). The summed E-state index contributed by atoms with van der Waals surface area (Å²) in [5, 5.41) is 5.14. The Labute approximate surface area is 111 Å². The molecular formula is C14H15N3S. The predicted octanol–water partition coefficient (Wildman–Crippen LogP) is 3.47. The SMILES string of the molecule is C(=N/Nc1nc2c(s1)CCCC2)/c1ccccc1. The summed E-state index contributed by atoms with van der Waals surface area (Å²) in [5.74, 6) is 0. The number of aromatic nitrogens is 1. The Morgan fingerprint density at radius 1 is 1.17 bits per heavy atom. The second-order valence-electron chi connectivity index (χ2n) is 4.38.